The van der Waals surface area contributed by atoms with E-state index in [1.165, 1.54) is 22.5 Å². The molecule has 1 heterocycles. The quantitative estimate of drug-likeness (QED) is 0.824. The lowest BCUT2D eigenvalue weighted by atomic mass is 10.0. The summed E-state index contributed by atoms with van der Waals surface area (Å²) in [6, 6.07) is 8.34. The van der Waals surface area contributed by atoms with Crippen LogP contribution in [0.1, 0.15) is 31.7 Å². The molecule has 0 saturated heterocycles. The normalized spacial score (nSPS) is 12.2. The molecular weight excluding hydrogens is 272 g/mol. The Labute approximate surface area is 124 Å². The van der Waals surface area contributed by atoms with Gasteiger partial charge in [-0.25, -0.2) is 4.98 Å². The minimum absolute atomic E-state index is 0.372. The zero-order valence-electron chi connectivity index (χ0n) is 11.9. The van der Waals surface area contributed by atoms with Crippen LogP contribution in [-0.2, 0) is 6.54 Å². The van der Waals surface area contributed by atoms with Crippen LogP contribution >= 0.6 is 23.1 Å². The third kappa shape index (κ3) is 3.50. The number of rotatable bonds is 7. The van der Waals surface area contributed by atoms with Crippen molar-refractivity contribution in [2.45, 2.75) is 38.0 Å². The van der Waals surface area contributed by atoms with Crippen LogP contribution in [0, 0.1) is 0 Å². The van der Waals surface area contributed by atoms with Gasteiger partial charge in [0.15, 0.2) is 0 Å². The van der Waals surface area contributed by atoms with Gasteiger partial charge in [0.2, 0.25) is 0 Å². The maximum atomic E-state index is 4.66. The molecule has 0 bridgehead atoms. The van der Waals surface area contributed by atoms with Crippen LogP contribution in [0.5, 0.6) is 0 Å². The maximum absolute atomic E-state index is 4.66. The molecule has 0 aliphatic heterocycles. The number of thioether (sulfide) groups is 1. The highest BCUT2D eigenvalue weighted by Crippen LogP contribution is 2.29. The highest BCUT2D eigenvalue weighted by atomic mass is 32.2. The summed E-state index contributed by atoms with van der Waals surface area (Å²) in [6.45, 7) is 6.48. The Balaban J connectivity index is 1.95. The van der Waals surface area contributed by atoms with E-state index in [2.05, 4.69) is 48.6 Å². The van der Waals surface area contributed by atoms with Crippen molar-refractivity contribution in [3.63, 3.8) is 0 Å². The summed E-state index contributed by atoms with van der Waals surface area (Å²) in [5, 5.41) is 4.77. The van der Waals surface area contributed by atoms with Gasteiger partial charge >= 0.3 is 0 Å². The van der Waals surface area contributed by atoms with Crippen molar-refractivity contribution < 1.29 is 0 Å². The monoisotopic (exact) mass is 294 g/mol. The smallest absolute Gasteiger partial charge is 0.108 e. The van der Waals surface area contributed by atoms with E-state index in [1.807, 2.05) is 17.8 Å². The lowest BCUT2D eigenvalue weighted by Gasteiger charge is -2.29. The fourth-order valence-electron chi connectivity index (χ4n) is 2.25. The highest BCUT2D eigenvalue weighted by Gasteiger charge is 2.24. The molecule has 4 heteroatoms. The summed E-state index contributed by atoms with van der Waals surface area (Å²) in [7, 11) is 0. The van der Waals surface area contributed by atoms with E-state index in [4.69, 9.17) is 0 Å². The molecule has 0 fully saturated rings. The lowest BCUT2D eigenvalue weighted by molar-refractivity contribution is 0.494. The molecule has 0 amide bonds. The zero-order chi connectivity index (χ0) is 13.7. The second-order valence-corrected chi connectivity index (χ2v) is 7.16. The van der Waals surface area contributed by atoms with Crippen molar-refractivity contribution in [2.75, 3.05) is 12.8 Å². The van der Waals surface area contributed by atoms with Crippen LogP contribution in [0.4, 0.5) is 0 Å². The Bertz CT molecular complexity index is 476. The molecule has 2 rings (SSSR count). The summed E-state index contributed by atoms with van der Waals surface area (Å²) in [6.07, 6.45) is 4.63. The minimum atomic E-state index is 0.372. The SMILES string of the molecule is CCC(CC)(CNCc1nc2ccccc2s1)SC. The summed E-state index contributed by atoms with van der Waals surface area (Å²) in [5.41, 5.74) is 1.12. The van der Waals surface area contributed by atoms with Crippen LogP contribution in [-0.4, -0.2) is 22.5 Å². The van der Waals surface area contributed by atoms with Crippen LogP contribution in [0.15, 0.2) is 24.3 Å². The average Bonchev–Trinajstić information content (AvgIpc) is 2.87. The van der Waals surface area contributed by atoms with Crippen LogP contribution < -0.4 is 5.32 Å². The summed E-state index contributed by atoms with van der Waals surface area (Å²) in [5.74, 6) is 0. The van der Waals surface area contributed by atoms with Crippen molar-refractivity contribution in [1.82, 2.24) is 10.3 Å². The third-order valence-corrected chi connectivity index (χ3v) is 6.41. The first kappa shape index (κ1) is 14.8. The molecular formula is C15H22N2S2. The predicted octanol–water partition coefficient (Wildman–Crippen LogP) is 4.31. The maximum Gasteiger partial charge on any atom is 0.108 e. The molecule has 0 atom stereocenters. The number of benzene rings is 1. The molecule has 2 nitrogen and oxygen atoms in total. The highest BCUT2D eigenvalue weighted by molar-refractivity contribution is 8.00. The number of hydrogen-bond donors (Lipinski definition) is 1. The molecule has 0 radical (unpaired) electrons. The number of nitrogens with one attached hydrogen (secondary N) is 1. The van der Waals surface area contributed by atoms with Gasteiger partial charge < -0.3 is 5.32 Å². The van der Waals surface area contributed by atoms with E-state index in [9.17, 15) is 0 Å². The van der Waals surface area contributed by atoms with E-state index in [-0.39, 0.29) is 0 Å². The average molecular weight is 294 g/mol. The first-order valence-electron chi connectivity index (χ1n) is 6.83. The second kappa shape index (κ2) is 6.73. The summed E-state index contributed by atoms with van der Waals surface area (Å²) in [4.78, 5) is 4.66. The van der Waals surface area contributed by atoms with Crippen molar-refractivity contribution in [1.29, 1.82) is 0 Å². The molecule has 0 spiro atoms. The van der Waals surface area contributed by atoms with Crippen molar-refractivity contribution >= 4 is 33.3 Å². The van der Waals surface area contributed by atoms with Gasteiger partial charge in [0, 0.05) is 17.8 Å². The fraction of sp³-hybridized carbons (Fsp3) is 0.533. The molecule has 0 unspecified atom stereocenters. The van der Waals surface area contributed by atoms with Crippen LogP contribution in [0.3, 0.4) is 0 Å². The van der Waals surface area contributed by atoms with Crippen LogP contribution in [0.25, 0.3) is 10.2 Å². The standard InChI is InChI=1S/C15H22N2S2/c1-4-15(5-2,18-3)11-16-10-14-17-12-8-6-7-9-13(12)19-14/h6-9,16H,4-5,10-11H2,1-3H3. The number of para-hydroxylation sites is 1. The van der Waals surface area contributed by atoms with Gasteiger partial charge in [0.05, 0.1) is 10.2 Å². The van der Waals surface area contributed by atoms with Gasteiger partial charge in [-0.1, -0.05) is 26.0 Å². The first-order chi connectivity index (χ1) is 9.23. The number of thiazole rings is 1. The minimum Gasteiger partial charge on any atom is -0.309 e. The lowest BCUT2D eigenvalue weighted by Crippen LogP contribution is -2.36. The Morgan fingerprint density at radius 2 is 2.00 bits per heavy atom. The molecule has 19 heavy (non-hydrogen) atoms. The Hall–Kier alpha value is -0.580. The molecule has 1 aromatic heterocycles. The van der Waals surface area contributed by atoms with E-state index in [1.54, 1.807) is 11.3 Å². The van der Waals surface area contributed by atoms with Gasteiger partial charge in [0.1, 0.15) is 5.01 Å². The van der Waals surface area contributed by atoms with Crippen molar-refractivity contribution in [2.24, 2.45) is 0 Å². The van der Waals surface area contributed by atoms with Gasteiger partial charge in [0.25, 0.3) is 0 Å². The molecule has 0 aliphatic rings. The Kier molecular flexibility index (Phi) is 5.25. The summed E-state index contributed by atoms with van der Waals surface area (Å²) >= 11 is 3.77. The molecule has 0 saturated carbocycles. The zero-order valence-corrected chi connectivity index (χ0v) is 13.5. The molecule has 1 N–H and O–H groups in total. The second-order valence-electron chi connectivity index (χ2n) is 4.77. The van der Waals surface area contributed by atoms with Crippen molar-refractivity contribution in [3.05, 3.63) is 29.3 Å². The van der Waals surface area contributed by atoms with Crippen LogP contribution in [0.2, 0.25) is 0 Å². The van der Waals surface area contributed by atoms with E-state index in [0.29, 0.717) is 4.75 Å². The number of hydrogen-bond acceptors (Lipinski definition) is 4. The first-order valence-corrected chi connectivity index (χ1v) is 8.87. The van der Waals surface area contributed by atoms with Gasteiger partial charge in [-0.05, 0) is 31.2 Å². The summed E-state index contributed by atoms with van der Waals surface area (Å²) < 4.78 is 1.65. The Morgan fingerprint density at radius 3 is 2.63 bits per heavy atom. The number of aromatic nitrogens is 1. The van der Waals surface area contributed by atoms with Gasteiger partial charge in [-0.3, -0.25) is 0 Å². The van der Waals surface area contributed by atoms with E-state index >= 15 is 0 Å². The molecule has 0 aliphatic carbocycles. The largest absolute Gasteiger partial charge is 0.309 e. The van der Waals surface area contributed by atoms with Crippen molar-refractivity contribution in [3.8, 4) is 0 Å². The predicted molar refractivity (Wildman–Crippen MR) is 88.2 cm³/mol. The topological polar surface area (TPSA) is 24.9 Å². The van der Waals surface area contributed by atoms with E-state index in [0.717, 1.165) is 18.6 Å². The molecule has 2 aromatic rings. The fourth-order valence-corrected chi connectivity index (χ4v) is 4.01. The Morgan fingerprint density at radius 1 is 1.26 bits per heavy atom. The van der Waals surface area contributed by atoms with E-state index < -0.39 is 0 Å². The third-order valence-electron chi connectivity index (χ3n) is 3.78. The molecule has 1 aromatic carbocycles. The van der Waals surface area contributed by atoms with Gasteiger partial charge in [-0.15, -0.1) is 11.3 Å². The molecule has 104 valence electrons. The van der Waals surface area contributed by atoms with Gasteiger partial charge in [-0.2, -0.15) is 11.8 Å². The number of nitrogens with zero attached hydrogens (tertiary/aromatic N) is 1. The number of fused-ring (bicyclic) bond motifs is 1.